The maximum atomic E-state index is 14.7. The Kier molecular flexibility index (Phi) is 4.54. The molecular weight excluding hydrogens is 336 g/mol. The average Bonchev–Trinajstić information content (AvgIpc) is 2.63. The Morgan fingerprint density at radius 2 is 2.08 bits per heavy atom. The van der Waals surface area contributed by atoms with Crippen LogP contribution in [0, 0.1) is 22.5 Å². The molecule has 0 radical (unpaired) electrons. The molecule has 7 heteroatoms. The molecule has 1 aromatic carbocycles. The molecule has 1 aromatic heterocycles. The summed E-state index contributed by atoms with van der Waals surface area (Å²) in [6, 6.07) is 2.34. The van der Waals surface area contributed by atoms with Crippen molar-refractivity contribution in [3.8, 4) is 0 Å². The van der Waals surface area contributed by atoms with Gasteiger partial charge in [0.15, 0.2) is 11.6 Å². The van der Waals surface area contributed by atoms with Crippen LogP contribution in [-0.2, 0) is 0 Å². The van der Waals surface area contributed by atoms with Gasteiger partial charge in [-0.2, -0.15) is 4.98 Å². The third-order valence-corrected chi connectivity index (χ3v) is 4.50. The standard InChI is InChI=1S/C19H19F2N5/c1-4-14-12(11(2)3)6-5-9-25(14)18-16-15(8-7-13(20)17(16)21)26(10-22)19(23)24-18/h4,7-8,10,22-23H,1-2,5-6,9H2,3H3. The number of hydrogen-bond acceptors (Lipinski definition) is 4. The van der Waals surface area contributed by atoms with Crippen molar-refractivity contribution in [2.75, 3.05) is 11.4 Å². The van der Waals surface area contributed by atoms with Crippen molar-refractivity contribution in [3.05, 3.63) is 65.5 Å². The van der Waals surface area contributed by atoms with Crippen molar-refractivity contribution in [2.45, 2.75) is 19.8 Å². The summed E-state index contributed by atoms with van der Waals surface area (Å²) in [5.41, 5.74) is 2.55. The molecule has 0 bridgehead atoms. The van der Waals surface area contributed by atoms with E-state index >= 15 is 0 Å². The molecule has 0 saturated heterocycles. The maximum absolute atomic E-state index is 14.7. The van der Waals surface area contributed by atoms with E-state index in [9.17, 15) is 8.78 Å². The maximum Gasteiger partial charge on any atom is 0.229 e. The number of halogens is 2. The zero-order valence-corrected chi connectivity index (χ0v) is 14.4. The number of hydrogen-bond donors (Lipinski definition) is 2. The SMILES string of the molecule is C=CC1=C(C(=C)C)CCCN1c1nc(=N)n(C=N)c2ccc(F)c(F)c12. The Morgan fingerprint density at radius 3 is 2.69 bits per heavy atom. The molecule has 0 aliphatic carbocycles. The zero-order chi connectivity index (χ0) is 19.0. The second-order valence-corrected chi connectivity index (χ2v) is 6.12. The molecule has 134 valence electrons. The van der Waals surface area contributed by atoms with Gasteiger partial charge in [0.1, 0.15) is 5.82 Å². The molecule has 0 fully saturated rings. The number of allylic oxidation sites excluding steroid dienone is 3. The molecular formula is C19H19F2N5. The van der Waals surface area contributed by atoms with Gasteiger partial charge in [0.05, 0.1) is 17.2 Å². The van der Waals surface area contributed by atoms with Gasteiger partial charge in [0.2, 0.25) is 5.62 Å². The zero-order valence-electron chi connectivity index (χ0n) is 14.4. The second-order valence-electron chi connectivity index (χ2n) is 6.12. The fourth-order valence-corrected chi connectivity index (χ4v) is 3.31. The highest BCUT2D eigenvalue weighted by molar-refractivity contribution is 5.94. The van der Waals surface area contributed by atoms with Gasteiger partial charge in [-0.1, -0.05) is 18.7 Å². The van der Waals surface area contributed by atoms with E-state index in [1.807, 2.05) is 6.92 Å². The highest BCUT2D eigenvalue weighted by atomic mass is 19.2. The summed E-state index contributed by atoms with van der Waals surface area (Å²) in [4.78, 5) is 5.92. The predicted octanol–water partition coefficient (Wildman–Crippen LogP) is 3.87. The van der Waals surface area contributed by atoms with Crippen molar-refractivity contribution < 1.29 is 8.78 Å². The largest absolute Gasteiger partial charge is 0.325 e. The monoisotopic (exact) mass is 355 g/mol. The van der Waals surface area contributed by atoms with Gasteiger partial charge in [-0.25, -0.2) is 8.78 Å². The number of nitrogens with one attached hydrogen (secondary N) is 2. The molecule has 0 spiro atoms. The van der Waals surface area contributed by atoms with E-state index in [1.54, 1.807) is 11.0 Å². The summed E-state index contributed by atoms with van der Waals surface area (Å²) < 4.78 is 29.7. The van der Waals surface area contributed by atoms with Gasteiger partial charge in [-0.15, -0.1) is 0 Å². The van der Waals surface area contributed by atoms with Crippen LogP contribution < -0.4 is 10.5 Å². The Balaban J connectivity index is 2.42. The molecule has 2 aromatic rings. The molecule has 0 saturated carbocycles. The van der Waals surface area contributed by atoms with Crippen LogP contribution in [0.5, 0.6) is 0 Å². The van der Waals surface area contributed by atoms with Gasteiger partial charge in [0.25, 0.3) is 0 Å². The molecule has 1 aliphatic heterocycles. The Bertz CT molecular complexity index is 1030. The van der Waals surface area contributed by atoms with E-state index < -0.39 is 11.6 Å². The van der Waals surface area contributed by atoms with Crippen molar-refractivity contribution in [1.29, 1.82) is 10.8 Å². The first-order valence-corrected chi connectivity index (χ1v) is 8.15. The molecule has 26 heavy (non-hydrogen) atoms. The highest BCUT2D eigenvalue weighted by Gasteiger charge is 2.25. The van der Waals surface area contributed by atoms with E-state index in [1.165, 1.54) is 6.07 Å². The molecule has 0 atom stereocenters. The molecule has 2 heterocycles. The van der Waals surface area contributed by atoms with Crippen LogP contribution in [0.2, 0.25) is 0 Å². The number of fused-ring (bicyclic) bond motifs is 1. The lowest BCUT2D eigenvalue weighted by atomic mass is 9.96. The van der Waals surface area contributed by atoms with Gasteiger partial charge >= 0.3 is 0 Å². The number of rotatable bonds is 4. The number of nitrogens with zero attached hydrogens (tertiary/aromatic N) is 3. The lowest BCUT2D eigenvalue weighted by Crippen LogP contribution is -2.33. The Morgan fingerprint density at radius 1 is 1.35 bits per heavy atom. The van der Waals surface area contributed by atoms with Crippen molar-refractivity contribution in [3.63, 3.8) is 0 Å². The van der Waals surface area contributed by atoms with Gasteiger partial charge in [-0.05, 0) is 43.5 Å². The molecule has 5 nitrogen and oxygen atoms in total. The molecule has 0 unspecified atom stereocenters. The topological polar surface area (TPSA) is 68.8 Å². The van der Waals surface area contributed by atoms with E-state index in [0.29, 0.717) is 6.54 Å². The van der Waals surface area contributed by atoms with Crippen LogP contribution in [0.25, 0.3) is 10.9 Å². The van der Waals surface area contributed by atoms with Crippen molar-refractivity contribution in [2.24, 2.45) is 0 Å². The first-order chi connectivity index (χ1) is 12.4. The first kappa shape index (κ1) is 17.7. The summed E-state index contributed by atoms with van der Waals surface area (Å²) in [7, 11) is 0. The number of aromatic nitrogens is 2. The minimum absolute atomic E-state index is 0.0631. The number of benzene rings is 1. The summed E-state index contributed by atoms with van der Waals surface area (Å²) >= 11 is 0. The Labute approximate surface area is 149 Å². The summed E-state index contributed by atoms with van der Waals surface area (Å²) in [5.74, 6) is -1.91. The van der Waals surface area contributed by atoms with Gasteiger partial charge in [0, 0.05) is 12.2 Å². The summed E-state index contributed by atoms with van der Waals surface area (Å²) in [5, 5.41) is 15.5. The molecule has 0 amide bonds. The van der Waals surface area contributed by atoms with Crippen LogP contribution in [0.1, 0.15) is 19.8 Å². The third-order valence-electron chi connectivity index (χ3n) is 4.50. The molecule has 3 rings (SSSR count). The fraction of sp³-hybridized carbons (Fsp3) is 0.211. The normalized spacial score (nSPS) is 14.7. The van der Waals surface area contributed by atoms with E-state index in [4.69, 9.17) is 10.8 Å². The van der Waals surface area contributed by atoms with Crippen LogP contribution in [-0.4, -0.2) is 22.4 Å². The fourth-order valence-electron chi connectivity index (χ4n) is 3.31. The van der Waals surface area contributed by atoms with Crippen LogP contribution in [0.15, 0.2) is 48.2 Å². The molecule has 2 N–H and O–H groups in total. The predicted molar refractivity (Wildman–Crippen MR) is 98.3 cm³/mol. The Hall–Kier alpha value is -3.09. The average molecular weight is 355 g/mol. The summed E-state index contributed by atoms with van der Waals surface area (Å²) in [6.07, 6.45) is 4.10. The van der Waals surface area contributed by atoms with Gasteiger partial charge < -0.3 is 4.90 Å². The lowest BCUT2D eigenvalue weighted by molar-refractivity contribution is 0.516. The quantitative estimate of drug-likeness (QED) is 0.646. The van der Waals surface area contributed by atoms with E-state index in [0.717, 1.165) is 46.7 Å². The lowest BCUT2D eigenvalue weighted by Gasteiger charge is -2.32. The van der Waals surface area contributed by atoms with E-state index in [2.05, 4.69) is 18.1 Å². The summed E-state index contributed by atoms with van der Waals surface area (Å²) in [6.45, 7) is 10.2. The molecule has 1 aliphatic rings. The minimum atomic E-state index is -1.05. The second kappa shape index (κ2) is 6.67. The van der Waals surface area contributed by atoms with Crippen LogP contribution in [0.4, 0.5) is 14.6 Å². The van der Waals surface area contributed by atoms with Crippen LogP contribution >= 0.6 is 0 Å². The van der Waals surface area contributed by atoms with E-state index in [-0.39, 0.29) is 22.3 Å². The van der Waals surface area contributed by atoms with Crippen LogP contribution in [0.3, 0.4) is 0 Å². The third kappa shape index (κ3) is 2.65. The minimum Gasteiger partial charge on any atom is -0.325 e. The van der Waals surface area contributed by atoms with Gasteiger partial charge in [-0.3, -0.25) is 15.4 Å². The van der Waals surface area contributed by atoms with Crippen molar-refractivity contribution in [1.82, 2.24) is 9.55 Å². The highest BCUT2D eigenvalue weighted by Crippen LogP contribution is 2.35. The number of anilines is 1. The smallest absolute Gasteiger partial charge is 0.229 e. The van der Waals surface area contributed by atoms with Crippen molar-refractivity contribution >= 4 is 23.1 Å². The first-order valence-electron chi connectivity index (χ1n) is 8.15.